The molecule has 1 aliphatic heterocycles. The lowest BCUT2D eigenvalue weighted by atomic mass is 9.87. The number of anilines is 1. The summed E-state index contributed by atoms with van der Waals surface area (Å²) < 4.78 is 1.80. The molecule has 1 saturated heterocycles. The molecule has 3 aromatic rings. The van der Waals surface area contributed by atoms with E-state index >= 15 is 0 Å². The number of hydrogen-bond donors (Lipinski definition) is 2. The second kappa shape index (κ2) is 7.85. The molecule has 6 nitrogen and oxygen atoms in total. The fourth-order valence-corrected chi connectivity index (χ4v) is 4.70. The van der Waals surface area contributed by atoms with Gasteiger partial charge in [0.2, 0.25) is 0 Å². The summed E-state index contributed by atoms with van der Waals surface area (Å²) in [6.07, 6.45) is 5.01. The molecule has 0 radical (unpaired) electrons. The van der Waals surface area contributed by atoms with Crippen molar-refractivity contribution >= 4 is 22.4 Å². The molecule has 0 unspecified atom stereocenters. The normalized spacial score (nSPS) is 16.2. The van der Waals surface area contributed by atoms with E-state index < -0.39 is 5.54 Å². The summed E-state index contributed by atoms with van der Waals surface area (Å²) in [5.74, 6) is 0.290. The Labute approximate surface area is 169 Å². The van der Waals surface area contributed by atoms with Crippen molar-refractivity contribution in [2.75, 3.05) is 18.4 Å². The standard InChI is InChI=1S/C21H25N5OS/c1-15(2)18-17(16-7-4-3-5-8-16)24-20(28-18)25-19(27)21(9-12-22-13-10-21)26-14-6-11-23-26/h3-8,11,14-15,22H,9-10,12-13H2,1-2H3,(H,24,25,27). The van der Waals surface area contributed by atoms with E-state index in [1.807, 2.05) is 30.5 Å². The first kappa shape index (κ1) is 18.8. The van der Waals surface area contributed by atoms with Gasteiger partial charge in [-0.2, -0.15) is 5.10 Å². The van der Waals surface area contributed by atoms with Crippen LogP contribution in [0.3, 0.4) is 0 Å². The molecule has 1 amide bonds. The monoisotopic (exact) mass is 395 g/mol. The van der Waals surface area contributed by atoms with Crippen molar-refractivity contribution in [2.24, 2.45) is 0 Å². The Bertz CT molecular complexity index is 927. The topological polar surface area (TPSA) is 71.8 Å². The molecule has 0 saturated carbocycles. The molecule has 3 heterocycles. The SMILES string of the molecule is CC(C)c1sc(NC(=O)C2(n3cccn3)CCNCC2)nc1-c1ccccc1. The molecule has 0 aliphatic carbocycles. The van der Waals surface area contributed by atoms with Gasteiger partial charge in [0.1, 0.15) is 5.54 Å². The van der Waals surface area contributed by atoms with Crippen LogP contribution in [0.5, 0.6) is 0 Å². The number of nitrogens with zero attached hydrogens (tertiary/aromatic N) is 3. The molecule has 0 spiro atoms. The second-order valence-corrected chi connectivity index (χ2v) is 8.47. The van der Waals surface area contributed by atoms with Crippen LogP contribution in [-0.4, -0.2) is 33.8 Å². The van der Waals surface area contributed by atoms with Crippen molar-refractivity contribution < 1.29 is 4.79 Å². The number of thiazole rings is 1. The molecule has 1 aliphatic rings. The van der Waals surface area contributed by atoms with Gasteiger partial charge in [0.05, 0.1) is 5.69 Å². The molecule has 2 aromatic heterocycles. The number of benzene rings is 1. The number of piperidine rings is 1. The Balaban J connectivity index is 1.66. The fourth-order valence-electron chi connectivity index (χ4n) is 3.72. The Morgan fingerprint density at radius 2 is 1.96 bits per heavy atom. The van der Waals surface area contributed by atoms with Gasteiger partial charge in [-0.3, -0.25) is 14.8 Å². The van der Waals surface area contributed by atoms with E-state index in [4.69, 9.17) is 4.98 Å². The van der Waals surface area contributed by atoms with Gasteiger partial charge in [0.25, 0.3) is 5.91 Å². The van der Waals surface area contributed by atoms with E-state index in [2.05, 4.69) is 41.7 Å². The van der Waals surface area contributed by atoms with Crippen molar-refractivity contribution in [2.45, 2.75) is 38.1 Å². The summed E-state index contributed by atoms with van der Waals surface area (Å²) in [6.45, 7) is 5.89. The van der Waals surface area contributed by atoms with Crippen LogP contribution in [0.2, 0.25) is 0 Å². The van der Waals surface area contributed by atoms with Gasteiger partial charge in [0, 0.05) is 22.8 Å². The zero-order chi connectivity index (χ0) is 19.6. The number of amides is 1. The van der Waals surface area contributed by atoms with E-state index in [1.54, 1.807) is 22.2 Å². The zero-order valence-electron chi connectivity index (χ0n) is 16.2. The van der Waals surface area contributed by atoms with E-state index in [0.29, 0.717) is 23.9 Å². The van der Waals surface area contributed by atoms with Gasteiger partial charge in [-0.05, 0) is 37.9 Å². The lowest BCUT2D eigenvalue weighted by Gasteiger charge is -2.36. The fraction of sp³-hybridized carbons (Fsp3) is 0.381. The smallest absolute Gasteiger partial charge is 0.254 e. The van der Waals surface area contributed by atoms with Crippen LogP contribution in [0.25, 0.3) is 11.3 Å². The number of aromatic nitrogens is 3. The summed E-state index contributed by atoms with van der Waals surface area (Å²) in [7, 11) is 0. The van der Waals surface area contributed by atoms with Gasteiger partial charge in [0.15, 0.2) is 5.13 Å². The maximum atomic E-state index is 13.4. The Morgan fingerprint density at radius 1 is 1.21 bits per heavy atom. The van der Waals surface area contributed by atoms with E-state index in [9.17, 15) is 4.79 Å². The van der Waals surface area contributed by atoms with Crippen LogP contribution in [0.1, 0.15) is 37.5 Å². The summed E-state index contributed by atoms with van der Waals surface area (Å²) in [5.41, 5.74) is 1.35. The number of hydrogen-bond acceptors (Lipinski definition) is 5. The predicted molar refractivity (Wildman–Crippen MR) is 113 cm³/mol. The highest BCUT2D eigenvalue weighted by Gasteiger charge is 2.42. The minimum Gasteiger partial charge on any atom is -0.317 e. The highest BCUT2D eigenvalue weighted by atomic mass is 32.1. The van der Waals surface area contributed by atoms with Crippen molar-refractivity contribution in [3.05, 3.63) is 53.7 Å². The quantitative estimate of drug-likeness (QED) is 0.688. The maximum absolute atomic E-state index is 13.4. The molecule has 0 bridgehead atoms. The molecular formula is C21H25N5OS. The number of carbonyl (C=O) groups excluding carboxylic acids is 1. The van der Waals surface area contributed by atoms with Crippen molar-refractivity contribution in [3.8, 4) is 11.3 Å². The molecule has 1 fully saturated rings. The molecule has 28 heavy (non-hydrogen) atoms. The van der Waals surface area contributed by atoms with Gasteiger partial charge in [-0.1, -0.05) is 44.2 Å². The maximum Gasteiger partial charge on any atom is 0.254 e. The number of nitrogens with one attached hydrogen (secondary N) is 2. The third-order valence-corrected chi connectivity index (χ3v) is 6.51. The molecule has 1 aromatic carbocycles. The van der Waals surface area contributed by atoms with Crippen molar-refractivity contribution in [3.63, 3.8) is 0 Å². The third kappa shape index (κ3) is 3.47. The predicted octanol–water partition coefficient (Wildman–Crippen LogP) is 3.85. The van der Waals surface area contributed by atoms with Crippen LogP contribution in [-0.2, 0) is 10.3 Å². The Hall–Kier alpha value is -2.51. The summed E-state index contributed by atoms with van der Waals surface area (Å²) >= 11 is 1.56. The van der Waals surface area contributed by atoms with E-state index in [1.165, 1.54) is 4.88 Å². The average molecular weight is 396 g/mol. The van der Waals surface area contributed by atoms with Crippen molar-refractivity contribution in [1.29, 1.82) is 0 Å². The molecule has 2 N–H and O–H groups in total. The first-order valence-electron chi connectivity index (χ1n) is 9.68. The Kier molecular flexibility index (Phi) is 5.28. The zero-order valence-corrected chi connectivity index (χ0v) is 17.0. The van der Waals surface area contributed by atoms with Gasteiger partial charge in [-0.25, -0.2) is 4.98 Å². The average Bonchev–Trinajstić information content (AvgIpc) is 3.40. The number of rotatable bonds is 5. The molecule has 146 valence electrons. The molecule has 0 atom stereocenters. The highest BCUT2D eigenvalue weighted by molar-refractivity contribution is 7.16. The largest absolute Gasteiger partial charge is 0.317 e. The van der Waals surface area contributed by atoms with Crippen molar-refractivity contribution in [1.82, 2.24) is 20.1 Å². The lowest BCUT2D eigenvalue weighted by molar-refractivity contribution is -0.126. The Morgan fingerprint density at radius 3 is 2.61 bits per heavy atom. The van der Waals surface area contributed by atoms with Gasteiger partial charge >= 0.3 is 0 Å². The van der Waals surface area contributed by atoms with Gasteiger partial charge < -0.3 is 5.32 Å². The minimum atomic E-state index is -0.675. The van der Waals surface area contributed by atoms with Crippen LogP contribution >= 0.6 is 11.3 Å². The minimum absolute atomic E-state index is 0.0404. The van der Waals surface area contributed by atoms with E-state index in [0.717, 1.165) is 24.3 Å². The molecular weight excluding hydrogens is 370 g/mol. The summed E-state index contributed by atoms with van der Waals surface area (Å²) in [6, 6.07) is 12.0. The van der Waals surface area contributed by atoms with Crippen LogP contribution in [0.4, 0.5) is 5.13 Å². The van der Waals surface area contributed by atoms with Crippen LogP contribution in [0.15, 0.2) is 48.8 Å². The lowest BCUT2D eigenvalue weighted by Crippen LogP contribution is -2.52. The second-order valence-electron chi connectivity index (χ2n) is 7.44. The summed E-state index contributed by atoms with van der Waals surface area (Å²) in [5, 5.41) is 11.5. The van der Waals surface area contributed by atoms with Gasteiger partial charge in [-0.15, -0.1) is 11.3 Å². The molecule has 7 heteroatoms. The summed E-state index contributed by atoms with van der Waals surface area (Å²) in [4.78, 5) is 19.4. The van der Waals surface area contributed by atoms with Crippen LogP contribution < -0.4 is 10.6 Å². The first-order chi connectivity index (χ1) is 13.6. The third-order valence-electron chi connectivity index (χ3n) is 5.24. The first-order valence-corrected chi connectivity index (χ1v) is 10.5. The molecule has 4 rings (SSSR count). The van der Waals surface area contributed by atoms with Crippen LogP contribution in [0, 0.1) is 0 Å². The number of carbonyl (C=O) groups is 1. The van der Waals surface area contributed by atoms with E-state index in [-0.39, 0.29) is 5.91 Å². The highest BCUT2D eigenvalue weighted by Crippen LogP contribution is 2.37.